The number of aliphatic hydroxyl groups is 1. The number of hydrogen-bond acceptors (Lipinski definition) is 2. The quantitative estimate of drug-likeness (QED) is 0.657. The fourth-order valence-electron chi connectivity index (χ4n) is 1.29. The summed E-state index contributed by atoms with van der Waals surface area (Å²) in [6.45, 7) is 3.40. The van der Waals surface area contributed by atoms with Crippen LogP contribution in [0.25, 0.3) is 0 Å². The predicted molar refractivity (Wildman–Crippen MR) is 42.4 cm³/mol. The first-order valence-electron chi connectivity index (χ1n) is 4.12. The van der Waals surface area contributed by atoms with E-state index in [1.807, 2.05) is 0 Å². The van der Waals surface area contributed by atoms with Crippen LogP contribution in [0.2, 0.25) is 0 Å². The number of rotatable bonds is 2. The molecule has 0 bridgehead atoms. The highest BCUT2D eigenvalue weighted by atomic mass is 19.1. The smallest absolute Gasteiger partial charge is 0.251 e. The number of hydrogen-bond donors (Lipinski definition) is 1. The molecule has 0 radical (unpaired) electrons. The van der Waals surface area contributed by atoms with Crippen molar-refractivity contribution < 1.29 is 14.3 Å². The van der Waals surface area contributed by atoms with Crippen LogP contribution in [0.15, 0.2) is 0 Å². The van der Waals surface area contributed by atoms with Crippen molar-refractivity contribution in [1.29, 1.82) is 0 Å². The Morgan fingerprint density at radius 2 is 2.25 bits per heavy atom. The van der Waals surface area contributed by atoms with Gasteiger partial charge in [0.1, 0.15) is 11.8 Å². The fraction of sp³-hybridized carbons (Fsp3) is 0.875. The number of likely N-dealkylation sites (tertiary alicyclic amines) is 1. The van der Waals surface area contributed by atoms with Crippen molar-refractivity contribution in [3.63, 3.8) is 0 Å². The Morgan fingerprint density at radius 3 is 2.58 bits per heavy atom. The Hall–Kier alpha value is -0.640. The van der Waals surface area contributed by atoms with E-state index in [0.29, 0.717) is 6.42 Å². The van der Waals surface area contributed by atoms with E-state index in [-0.39, 0.29) is 19.0 Å². The Kier molecular flexibility index (Phi) is 2.37. The highest BCUT2D eigenvalue weighted by Gasteiger charge is 2.42. The first-order chi connectivity index (χ1) is 5.46. The van der Waals surface area contributed by atoms with Crippen LogP contribution in [0.5, 0.6) is 0 Å². The molecule has 12 heavy (non-hydrogen) atoms. The number of alkyl halides is 1. The largest absolute Gasteiger partial charge is 0.383 e. The molecule has 70 valence electrons. The molecule has 1 amide bonds. The Bertz CT molecular complexity index is 185. The third kappa shape index (κ3) is 1.75. The van der Waals surface area contributed by atoms with E-state index in [9.17, 15) is 9.18 Å². The third-order valence-corrected chi connectivity index (χ3v) is 2.02. The standard InChI is InChI=1S/C8H14FNO2/c1-3-6(11)7(12)10-4-8(2,9)5-10/h6,11H,3-5H2,1-2H3. The highest BCUT2D eigenvalue weighted by molar-refractivity contribution is 5.81. The number of nitrogens with zero attached hydrogens (tertiary/aromatic N) is 1. The lowest BCUT2D eigenvalue weighted by Crippen LogP contribution is -2.61. The summed E-state index contributed by atoms with van der Waals surface area (Å²) in [7, 11) is 0. The van der Waals surface area contributed by atoms with Gasteiger partial charge in [0.2, 0.25) is 0 Å². The molecule has 1 atom stereocenters. The topological polar surface area (TPSA) is 40.5 Å². The summed E-state index contributed by atoms with van der Waals surface area (Å²) >= 11 is 0. The van der Waals surface area contributed by atoms with Crippen molar-refractivity contribution in [2.75, 3.05) is 13.1 Å². The van der Waals surface area contributed by atoms with Crippen molar-refractivity contribution in [2.45, 2.75) is 32.0 Å². The van der Waals surface area contributed by atoms with Crippen molar-refractivity contribution >= 4 is 5.91 Å². The van der Waals surface area contributed by atoms with Crippen molar-refractivity contribution in [3.05, 3.63) is 0 Å². The maximum absolute atomic E-state index is 12.9. The summed E-state index contributed by atoms with van der Waals surface area (Å²) in [6, 6.07) is 0. The SMILES string of the molecule is CCC(O)C(=O)N1CC(C)(F)C1. The minimum atomic E-state index is -1.25. The lowest BCUT2D eigenvalue weighted by molar-refractivity contribution is -0.153. The number of amides is 1. The molecule has 0 aliphatic carbocycles. The van der Waals surface area contributed by atoms with Gasteiger partial charge in [-0.3, -0.25) is 4.79 Å². The number of carbonyl (C=O) groups is 1. The Morgan fingerprint density at radius 1 is 1.75 bits per heavy atom. The van der Waals surface area contributed by atoms with Gasteiger partial charge in [-0.2, -0.15) is 0 Å². The molecule has 0 aromatic carbocycles. The molecule has 1 rings (SSSR count). The normalized spacial score (nSPS) is 23.2. The second kappa shape index (κ2) is 3.01. The van der Waals surface area contributed by atoms with E-state index in [1.165, 1.54) is 11.8 Å². The average molecular weight is 175 g/mol. The second-order valence-electron chi connectivity index (χ2n) is 3.53. The maximum Gasteiger partial charge on any atom is 0.251 e. The van der Waals surface area contributed by atoms with Crippen LogP contribution in [0, 0.1) is 0 Å². The molecule has 1 fully saturated rings. The van der Waals surface area contributed by atoms with Crippen LogP contribution in [-0.4, -0.2) is 40.8 Å². The third-order valence-electron chi connectivity index (χ3n) is 2.02. The lowest BCUT2D eigenvalue weighted by atomic mass is 9.98. The molecule has 4 heteroatoms. The van der Waals surface area contributed by atoms with Crippen LogP contribution in [-0.2, 0) is 4.79 Å². The van der Waals surface area contributed by atoms with Crippen LogP contribution >= 0.6 is 0 Å². The van der Waals surface area contributed by atoms with E-state index in [1.54, 1.807) is 6.92 Å². The highest BCUT2D eigenvalue weighted by Crippen LogP contribution is 2.24. The minimum Gasteiger partial charge on any atom is -0.383 e. The minimum absolute atomic E-state index is 0.114. The molecule has 0 aromatic heterocycles. The van der Waals surface area contributed by atoms with Crippen molar-refractivity contribution in [3.8, 4) is 0 Å². The van der Waals surface area contributed by atoms with E-state index in [0.717, 1.165) is 0 Å². The first-order valence-corrected chi connectivity index (χ1v) is 4.12. The van der Waals surface area contributed by atoms with Gasteiger partial charge in [0.25, 0.3) is 5.91 Å². The summed E-state index contributed by atoms with van der Waals surface area (Å²) in [5, 5.41) is 9.12. The van der Waals surface area contributed by atoms with Gasteiger partial charge in [-0.15, -0.1) is 0 Å². The molecule has 1 aliphatic heterocycles. The van der Waals surface area contributed by atoms with Gasteiger partial charge < -0.3 is 10.0 Å². The van der Waals surface area contributed by atoms with E-state index >= 15 is 0 Å². The molecule has 1 saturated heterocycles. The van der Waals surface area contributed by atoms with Crippen LogP contribution < -0.4 is 0 Å². The average Bonchev–Trinajstić information content (AvgIpc) is 1.97. The lowest BCUT2D eigenvalue weighted by Gasteiger charge is -2.42. The zero-order valence-electron chi connectivity index (χ0n) is 7.38. The first kappa shape index (κ1) is 9.45. The summed E-state index contributed by atoms with van der Waals surface area (Å²) in [5.74, 6) is -0.354. The Labute approximate surface area is 71.2 Å². The van der Waals surface area contributed by atoms with E-state index in [2.05, 4.69) is 0 Å². The molecular formula is C8H14FNO2. The second-order valence-corrected chi connectivity index (χ2v) is 3.53. The fourth-order valence-corrected chi connectivity index (χ4v) is 1.29. The summed E-state index contributed by atoms with van der Waals surface area (Å²) < 4.78 is 12.9. The summed E-state index contributed by atoms with van der Waals surface area (Å²) in [4.78, 5) is 12.5. The molecular weight excluding hydrogens is 161 g/mol. The monoisotopic (exact) mass is 175 g/mol. The molecule has 1 aliphatic rings. The zero-order chi connectivity index (χ0) is 9.35. The van der Waals surface area contributed by atoms with Crippen LogP contribution in [0.1, 0.15) is 20.3 Å². The molecule has 3 nitrogen and oxygen atoms in total. The van der Waals surface area contributed by atoms with Gasteiger partial charge in [0.05, 0.1) is 13.1 Å². The van der Waals surface area contributed by atoms with E-state index in [4.69, 9.17) is 5.11 Å². The molecule has 1 unspecified atom stereocenters. The molecule has 0 aromatic rings. The molecule has 0 spiro atoms. The summed E-state index contributed by atoms with van der Waals surface area (Å²) in [6.07, 6.45) is -0.570. The van der Waals surface area contributed by atoms with Crippen LogP contribution in [0.4, 0.5) is 4.39 Å². The molecule has 1 heterocycles. The van der Waals surface area contributed by atoms with Gasteiger partial charge in [-0.25, -0.2) is 4.39 Å². The Balaban J connectivity index is 2.38. The van der Waals surface area contributed by atoms with Gasteiger partial charge >= 0.3 is 0 Å². The van der Waals surface area contributed by atoms with E-state index < -0.39 is 11.8 Å². The van der Waals surface area contributed by atoms with Gasteiger partial charge in [-0.05, 0) is 13.3 Å². The number of aliphatic hydroxyl groups excluding tert-OH is 1. The molecule has 0 saturated carbocycles. The predicted octanol–water partition coefficient (Wildman–Crippen LogP) is 0.328. The number of carbonyl (C=O) groups excluding carboxylic acids is 1. The van der Waals surface area contributed by atoms with Gasteiger partial charge in [0, 0.05) is 0 Å². The van der Waals surface area contributed by atoms with Crippen molar-refractivity contribution in [1.82, 2.24) is 4.90 Å². The zero-order valence-corrected chi connectivity index (χ0v) is 7.38. The maximum atomic E-state index is 12.9. The van der Waals surface area contributed by atoms with Crippen molar-refractivity contribution in [2.24, 2.45) is 0 Å². The van der Waals surface area contributed by atoms with Gasteiger partial charge in [0.15, 0.2) is 0 Å². The number of halogens is 1. The molecule has 1 N–H and O–H groups in total. The van der Waals surface area contributed by atoms with Crippen LogP contribution in [0.3, 0.4) is 0 Å². The summed E-state index contributed by atoms with van der Waals surface area (Å²) in [5.41, 5.74) is -1.25. The van der Waals surface area contributed by atoms with Gasteiger partial charge in [-0.1, -0.05) is 6.92 Å².